The second-order valence-corrected chi connectivity index (χ2v) is 6.04. The fourth-order valence-corrected chi connectivity index (χ4v) is 2.65. The molecule has 0 saturated carbocycles. The molecule has 5 heteroatoms. The maximum Gasteiger partial charge on any atom is 0.191 e. The van der Waals surface area contributed by atoms with Gasteiger partial charge >= 0.3 is 0 Å². The second kappa shape index (κ2) is 9.75. The SMILES string of the molecule is CCC(CC)CNC(=NC)NCc1cccc(Cn2ccnc2)c1. The minimum absolute atomic E-state index is 0.696. The standard InChI is InChI=1S/C19H29N5/c1-4-16(5-2)12-22-19(20-3)23-13-17-7-6-8-18(11-17)14-24-10-9-21-15-24/h6-11,15-16H,4-5,12-14H2,1-3H3,(H2,20,22,23). The van der Waals surface area contributed by atoms with E-state index in [1.54, 1.807) is 6.20 Å². The van der Waals surface area contributed by atoms with Gasteiger partial charge in [-0.05, 0) is 17.0 Å². The Morgan fingerprint density at radius 1 is 1.21 bits per heavy atom. The molecule has 2 rings (SSSR count). The number of hydrogen-bond donors (Lipinski definition) is 2. The Labute approximate surface area is 145 Å². The van der Waals surface area contributed by atoms with Crippen molar-refractivity contribution in [2.45, 2.75) is 39.8 Å². The quantitative estimate of drug-likeness (QED) is 0.579. The number of hydrogen-bond acceptors (Lipinski definition) is 2. The summed E-state index contributed by atoms with van der Waals surface area (Å²) in [5.74, 6) is 1.56. The van der Waals surface area contributed by atoms with Crippen LogP contribution in [0.15, 0.2) is 48.0 Å². The van der Waals surface area contributed by atoms with Crippen molar-refractivity contribution in [1.29, 1.82) is 0 Å². The number of rotatable bonds is 8. The highest BCUT2D eigenvalue weighted by molar-refractivity contribution is 5.79. The average Bonchev–Trinajstić information content (AvgIpc) is 3.11. The Kier molecular flexibility index (Phi) is 7.33. The first-order valence-electron chi connectivity index (χ1n) is 8.73. The van der Waals surface area contributed by atoms with E-state index in [-0.39, 0.29) is 0 Å². The molecule has 2 N–H and O–H groups in total. The normalized spacial score (nSPS) is 11.8. The van der Waals surface area contributed by atoms with Crippen LogP contribution in [0, 0.1) is 5.92 Å². The smallest absolute Gasteiger partial charge is 0.191 e. The number of imidazole rings is 1. The van der Waals surface area contributed by atoms with Gasteiger partial charge in [-0.3, -0.25) is 4.99 Å². The van der Waals surface area contributed by atoms with Crippen LogP contribution in [0.2, 0.25) is 0 Å². The molecule has 0 spiro atoms. The largest absolute Gasteiger partial charge is 0.356 e. The highest BCUT2D eigenvalue weighted by Crippen LogP contribution is 2.08. The fourth-order valence-electron chi connectivity index (χ4n) is 2.65. The summed E-state index contributed by atoms with van der Waals surface area (Å²) in [6, 6.07) is 8.60. The second-order valence-electron chi connectivity index (χ2n) is 6.04. The molecule has 0 atom stereocenters. The molecule has 1 aromatic heterocycles. The molecule has 24 heavy (non-hydrogen) atoms. The van der Waals surface area contributed by atoms with Crippen LogP contribution in [0.1, 0.15) is 37.8 Å². The highest BCUT2D eigenvalue weighted by atomic mass is 15.2. The van der Waals surface area contributed by atoms with Gasteiger partial charge < -0.3 is 15.2 Å². The van der Waals surface area contributed by atoms with Gasteiger partial charge in [0.25, 0.3) is 0 Å². The number of nitrogens with zero attached hydrogens (tertiary/aromatic N) is 3. The zero-order valence-corrected chi connectivity index (χ0v) is 15.0. The lowest BCUT2D eigenvalue weighted by atomic mass is 10.0. The molecule has 0 radical (unpaired) electrons. The summed E-state index contributed by atoms with van der Waals surface area (Å²) in [5.41, 5.74) is 2.52. The van der Waals surface area contributed by atoms with Gasteiger partial charge in [0.05, 0.1) is 6.33 Å². The first kappa shape index (κ1) is 18.0. The lowest BCUT2D eigenvalue weighted by molar-refractivity contribution is 0.481. The molecule has 0 aliphatic rings. The molecule has 0 aliphatic heterocycles. The van der Waals surface area contributed by atoms with Gasteiger partial charge in [0.1, 0.15) is 0 Å². The van der Waals surface area contributed by atoms with Crippen molar-refractivity contribution in [3.8, 4) is 0 Å². The molecule has 0 amide bonds. The average molecular weight is 327 g/mol. The summed E-state index contributed by atoms with van der Waals surface area (Å²) >= 11 is 0. The van der Waals surface area contributed by atoms with E-state index in [1.807, 2.05) is 19.6 Å². The molecule has 0 saturated heterocycles. The molecule has 0 bridgehead atoms. The zero-order chi connectivity index (χ0) is 17.2. The fraction of sp³-hybridized carbons (Fsp3) is 0.474. The summed E-state index contributed by atoms with van der Waals surface area (Å²) in [7, 11) is 1.82. The van der Waals surface area contributed by atoms with Crippen molar-refractivity contribution < 1.29 is 0 Å². The minimum Gasteiger partial charge on any atom is -0.356 e. The summed E-state index contributed by atoms with van der Waals surface area (Å²) in [5, 5.41) is 6.81. The Bertz CT molecular complexity index is 614. The molecule has 5 nitrogen and oxygen atoms in total. The predicted molar refractivity (Wildman–Crippen MR) is 100 cm³/mol. The van der Waals surface area contributed by atoms with Crippen molar-refractivity contribution in [1.82, 2.24) is 20.2 Å². The van der Waals surface area contributed by atoms with Gasteiger partial charge in [0.15, 0.2) is 5.96 Å². The predicted octanol–water partition coefficient (Wildman–Crippen LogP) is 3.03. The van der Waals surface area contributed by atoms with E-state index in [0.717, 1.165) is 25.6 Å². The summed E-state index contributed by atoms with van der Waals surface area (Å²) in [6.07, 6.45) is 8.01. The number of aliphatic imine (C=N–C) groups is 1. The lowest BCUT2D eigenvalue weighted by Crippen LogP contribution is -2.39. The van der Waals surface area contributed by atoms with Gasteiger partial charge in [0.2, 0.25) is 0 Å². The first-order valence-corrected chi connectivity index (χ1v) is 8.73. The van der Waals surface area contributed by atoms with E-state index in [0.29, 0.717) is 5.92 Å². The van der Waals surface area contributed by atoms with Crippen molar-refractivity contribution >= 4 is 5.96 Å². The molecular weight excluding hydrogens is 298 g/mol. The number of guanidine groups is 1. The summed E-state index contributed by atoms with van der Waals surface area (Å²) < 4.78 is 2.07. The molecule has 0 fully saturated rings. The van der Waals surface area contributed by atoms with E-state index in [2.05, 4.69) is 63.3 Å². The first-order chi connectivity index (χ1) is 11.7. The van der Waals surface area contributed by atoms with Crippen LogP contribution in [-0.4, -0.2) is 29.1 Å². The van der Waals surface area contributed by atoms with Gasteiger partial charge in [-0.15, -0.1) is 0 Å². The summed E-state index contributed by atoms with van der Waals surface area (Å²) in [6.45, 7) is 7.04. The Hall–Kier alpha value is -2.30. The number of aromatic nitrogens is 2. The monoisotopic (exact) mass is 327 g/mol. The third-order valence-corrected chi connectivity index (χ3v) is 4.31. The van der Waals surface area contributed by atoms with Crippen LogP contribution in [0.3, 0.4) is 0 Å². The Morgan fingerprint density at radius 2 is 2.00 bits per heavy atom. The number of benzene rings is 1. The maximum atomic E-state index is 4.31. The Balaban J connectivity index is 1.86. The van der Waals surface area contributed by atoms with Gasteiger partial charge in [-0.1, -0.05) is 51.0 Å². The number of nitrogens with one attached hydrogen (secondary N) is 2. The highest BCUT2D eigenvalue weighted by Gasteiger charge is 2.05. The van der Waals surface area contributed by atoms with E-state index in [1.165, 1.54) is 24.0 Å². The molecule has 2 aromatic rings. The van der Waals surface area contributed by atoms with E-state index >= 15 is 0 Å². The van der Waals surface area contributed by atoms with Crippen LogP contribution < -0.4 is 10.6 Å². The van der Waals surface area contributed by atoms with Gasteiger partial charge in [0, 0.05) is 39.1 Å². The topological polar surface area (TPSA) is 54.2 Å². The maximum absolute atomic E-state index is 4.31. The molecule has 0 unspecified atom stereocenters. The van der Waals surface area contributed by atoms with Crippen LogP contribution in [0.25, 0.3) is 0 Å². The lowest BCUT2D eigenvalue weighted by Gasteiger charge is -2.17. The van der Waals surface area contributed by atoms with Crippen LogP contribution >= 0.6 is 0 Å². The van der Waals surface area contributed by atoms with Crippen LogP contribution in [0.4, 0.5) is 0 Å². The van der Waals surface area contributed by atoms with Crippen molar-refractivity contribution in [2.75, 3.05) is 13.6 Å². The van der Waals surface area contributed by atoms with Crippen LogP contribution in [0.5, 0.6) is 0 Å². The minimum atomic E-state index is 0.696. The molecule has 0 aliphatic carbocycles. The molecule has 130 valence electrons. The van der Waals surface area contributed by atoms with E-state index in [9.17, 15) is 0 Å². The van der Waals surface area contributed by atoms with Gasteiger partial charge in [-0.2, -0.15) is 0 Å². The van der Waals surface area contributed by atoms with Gasteiger partial charge in [-0.25, -0.2) is 4.98 Å². The zero-order valence-electron chi connectivity index (χ0n) is 15.0. The van der Waals surface area contributed by atoms with Crippen molar-refractivity contribution in [2.24, 2.45) is 10.9 Å². The van der Waals surface area contributed by atoms with Crippen molar-refractivity contribution in [3.05, 3.63) is 54.1 Å². The van der Waals surface area contributed by atoms with Crippen LogP contribution in [-0.2, 0) is 13.1 Å². The summed E-state index contributed by atoms with van der Waals surface area (Å²) in [4.78, 5) is 8.40. The third kappa shape index (κ3) is 5.72. The molecule has 1 heterocycles. The molecule has 1 aromatic carbocycles. The third-order valence-electron chi connectivity index (χ3n) is 4.31. The van der Waals surface area contributed by atoms with Crippen molar-refractivity contribution in [3.63, 3.8) is 0 Å². The van der Waals surface area contributed by atoms with E-state index in [4.69, 9.17) is 0 Å². The van der Waals surface area contributed by atoms with E-state index < -0.39 is 0 Å². The molecular formula is C19H29N5. The Morgan fingerprint density at radius 3 is 2.67 bits per heavy atom.